The number of aryl methyl sites for hydroxylation is 1. The average Bonchev–Trinajstić information content (AvgIpc) is 2.97. The van der Waals surface area contributed by atoms with Gasteiger partial charge in [-0.05, 0) is 44.7 Å². The number of hydrogen-bond donors (Lipinski definition) is 1. The highest BCUT2D eigenvalue weighted by Gasteiger charge is 2.27. The molecule has 3 rings (SSSR count). The van der Waals surface area contributed by atoms with E-state index in [-0.39, 0.29) is 17.3 Å². The van der Waals surface area contributed by atoms with Gasteiger partial charge in [-0.2, -0.15) is 0 Å². The maximum atomic E-state index is 12.8. The van der Waals surface area contributed by atoms with Crippen molar-refractivity contribution in [2.24, 2.45) is 7.05 Å². The summed E-state index contributed by atoms with van der Waals surface area (Å²) in [5.74, 6) is -0.0970. The molecule has 0 saturated carbocycles. The Bertz CT molecular complexity index is 924. The number of nitrogens with zero attached hydrogens (tertiary/aromatic N) is 2. The van der Waals surface area contributed by atoms with Crippen LogP contribution in [-0.4, -0.2) is 36.9 Å². The Labute approximate surface area is 161 Å². The molecular weight excluding hydrogens is 362 g/mol. The molecule has 0 spiro atoms. The quantitative estimate of drug-likeness (QED) is 0.855. The summed E-state index contributed by atoms with van der Waals surface area (Å²) in [5, 5.41) is 0. The Kier molecular flexibility index (Phi) is 5.72. The van der Waals surface area contributed by atoms with Crippen molar-refractivity contribution in [3.05, 3.63) is 52.8 Å². The number of carbonyl (C=O) groups excluding carboxylic acids is 1. The monoisotopic (exact) mass is 389 g/mol. The van der Waals surface area contributed by atoms with Gasteiger partial charge in [-0.15, -0.1) is 0 Å². The van der Waals surface area contributed by atoms with Crippen LogP contribution in [0.25, 0.3) is 0 Å². The van der Waals surface area contributed by atoms with Crippen LogP contribution in [0.4, 0.5) is 0 Å². The van der Waals surface area contributed by atoms with Gasteiger partial charge in [0.15, 0.2) is 0 Å². The topological polar surface area (TPSA) is 71.4 Å². The Hall–Kier alpha value is -2.12. The van der Waals surface area contributed by atoms with Gasteiger partial charge in [0.2, 0.25) is 10.0 Å². The second-order valence-corrected chi connectivity index (χ2v) is 8.94. The van der Waals surface area contributed by atoms with Gasteiger partial charge in [0, 0.05) is 32.4 Å². The molecule has 1 saturated heterocycles. The normalized spacial score (nSPS) is 15.1. The number of sulfonamides is 1. The SMILES string of the molecule is Cc1ccc(CNS(=O)(=O)c2cc(C(=O)N3CCCCC3)n(C)c2C)cc1. The summed E-state index contributed by atoms with van der Waals surface area (Å²) in [6.07, 6.45) is 3.13. The van der Waals surface area contributed by atoms with E-state index in [4.69, 9.17) is 0 Å². The van der Waals surface area contributed by atoms with Crippen LogP contribution in [0.1, 0.15) is 46.6 Å². The van der Waals surface area contributed by atoms with Crippen molar-refractivity contribution in [3.63, 3.8) is 0 Å². The highest BCUT2D eigenvalue weighted by molar-refractivity contribution is 7.89. The van der Waals surface area contributed by atoms with E-state index < -0.39 is 10.0 Å². The molecular formula is C20H27N3O3S. The van der Waals surface area contributed by atoms with Crippen LogP contribution in [0.2, 0.25) is 0 Å². The lowest BCUT2D eigenvalue weighted by Gasteiger charge is -2.26. The van der Waals surface area contributed by atoms with Crippen molar-refractivity contribution in [2.75, 3.05) is 13.1 Å². The molecule has 2 aromatic rings. The molecule has 0 unspecified atom stereocenters. The molecule has 0 radical (unpaired) electrons. The molecule has 0 atom stereocenters. The second-order valence-electron chi connectivity index (χ2n) is 7.20. The number of amides is 1. The van der Waals surface area contributed by atoms with Crippen molar-refractivity contribution >= 4 is 15.9 Å². The van der Waals surface area contributed by atoms with E-state index in [0.717, 1.165) is 43.5 Å². The van der Waals surface area contributed by atoms with Crippen LogP contribution in [0.15, 0.2) is 35.2 Å². The van der Waals surface area contributed by atoms with Crippen molar-refractivity contribution in [1.29, 1.82) is 0 Å². The summed E-state index contributed by atoms with van der Waals surface area (Å²) >= 11 is 0. The Balaban J connectivity index is 1.80. The molecule has 6 nitrogen and oxygen atoms in total. The number of carbonyl (C=O) groups is 1. The fourth-order valence-electron chi connectivity index (χ4n) is 3.37. The van der Waals surface area contributed by atoms with E-state index in [1.807, 2.05) is 36.1 Å². The standard InChI is InChI=1S/C20H27N3O3S/c1-15-7-9-17(10-8-15)14-21-27(25,26)19-13-18(22(3)16(19)2)20(24)23-11-5-4-6-12-23/h7-10,13,21H,4-6,11-12,14H2,1-3H3. The van der Waals surface area contributed by atoms with Gasteiger partial charge >= 0.3 is 0 Å². The molecule has 27 heavy (non-hydrogen) atoms. The van der Waals surface area contributed by atoms with Crippen LogP contribution in [-0.2, 0) is 23.6 Å². The zero-order chi connectivity index (χ0) is 19.6. The number of likely N-dealkylation sites (tertiary alicyclic amines) is 1. The average molecular weight is 390 g/mol. The van der Waals surface area contributed by atoms with Crippen LogP contribution in [0.3, 0.4) is 0 Å². The Morgan fingerprint density at radius 3 is 2.33 bits per heavy atom. The highest BCUT2D eigenvalue weighted by atomic mass is 32.2. The third-order valence-corrected chi connectivity index (χ3v) is 6.74. The first-order valence-electron chi connectivity index (χ1n) is 9.30. The van der Waals surface area contributed by atoms with Crippen molar-refractivity contribution < 1.29 is 13.2 Å². The van der Waals surface area contributed by atoms with Gasteiger partial charge in [0.1, 0.15) is 10.6 Å². The zero-order valence-electron chi connectivity index (χ0n) is 16.2. The van der Waals surface area contributed by atoms with Crippen molar-refractivity contribution in [3.8, 4) is 0 Å². The number of benzene rings is 1. The molecule has 2 heterocycles. The van der Waals surface area contributed by atoms with Crippen LogP contribution in [0.5, 0.6) is 0 Å². The molecule has 1 N–H and O–H groups in total. The minimum absolute atomic E-state index is 0.0970. The molecule has 0 aliphatic carbocycles. The van der Waals surface area contributed by atoms with Crippen molar-refractivity contribution in [2.45, 2.75) is 44.6 Å². The van der Waals surface area contributed by atoms with E-state index >= 15 is 0 Å². The van der Waals surface area contributed by atoms with Gasteiger partial charge in [0.05, 0.1) is 0 Å². The fraction of sp³-hybridized carbons (Fsp3) is 0.450. The largest absolute Gasteiger partial charge is 0.343 e. The fourth-order valence-corrected chi connectivity index (χ4v) is 4.67. The molecule has 1 amide bonds. The number of rotatable bonds is 5. The Morgan fingerprint density at radius 1 is 1.07 bits per heavy atom. The summed E-state index contributed by atoms with van der Waals surface area (Å²) < 4.78 is 29.9. The summed E-state index contributed by atoms with van der Waals surface area (Å²) in [6, 6.07) is 9.21. The van der Waals surface area contributed by atoms with E-state index in [2.05, 4.69) is 4.72 Å². The van der Waals surface area contributed by atoms with E-state index in [1.165, 1.54) is 6.07 Å². The molecule has 0 bridgehead atoms. The minimum atomic E-state index is -3.71. The molecule has 146 valence electrons. The van der Waals surface area contributed by atoms with E-state index in [9.17, 15) is 13.2 Å². The first-order valence-corrected chi connectivity index (χ1v) is 10.8. The summed E-state index contributed by atoms with van der Waals surface area (Å²) in [6.45, 7) is 5.40. The highest BCUT2D eigenvalue weighted by Crippen LogP contribution is 2.22. The first-order chi connectivity index (χ1) is 12.8. The van der Waals surface area contributed by atoms with E-state index in [0.29, 0.717) is 11.4 Å². The maximum absolute atomic E-state index is 12.8. The minimum Gasteiger partial charge on any atom is -0.343 e. The lowest BCUT2D eigenvalue weighted by atomic mass is 10.1. The van der Waals surface area contributed by atoms with Gasteiger partial charge < -0.3 is 9.47 Å². The molecule has 1 aliphatic rings. The lowest BCUT2D eigenvalue weighted by molar-refractivity contribution is 0.0714. The Morgan fingerprint density at radius 2 is 1.70 bits per heavy atom. The van der Waals surface area contributed by atoms with E-state index in [1.54, 1.807) is 18.5 Å². The first kappa shape index (κ1) is 19.6. The lowest BCUT2D eigenvalue weighted by Crippen LogP contribution is -2.36. The predicted molar refractivity (Wildman–Crippen MR) is 105 cm³/mol. The van der Waals surface area contributed by atoms with Gasteiger partial charge in [-0.1, -0.05) is 29.8 Å². The third-order valence-electron chi connectivity index (χ3n) is 5.23. The van der Waals surface area contributed by atoms with Crippen molar-refractivity contribution in [1.82, 2.24) is 14.2 Å². The summed E-state index contributed by atoms with van der Waals surface area (Å²) in [7, 11) is -1.97. The smallest absolute Gasteiger partial charge is 0.270 e. The zero-order valence-corrected chi connectivity index (χ0v) is 17.0. The number of piperidine rings is 1. The molecule has 1 aromatic carbocycles. The molecule has 1 aromatic heterocycles. The van der Waals surface area contributed by atoms with Crippen LogP contribution in [0, 0.1) is 13.8 Å². The predicted octanol–water partition coefficient (Wildman–Crippen LogP) is 2.75. The number of aromatic nitrogens is 1. The molecule has 7 heteroatoms. The summed E-state index contributed by atoms with van der Waals surface area (Å²) in [5.41, 5.74) is 3.00. The maximum Gasteiger partial charge on any atom is 0.270 e. The van der Waals surface area contributed by atoms with Gasteiger partial charge in [-0.25, -0.2) is 13.1 Å². The third kappa shape index (κ3) is 4.25. The van der Waals surface area contributed by atoms with Gasteiger partial charge in [0.25, 0.3) is 5.91 Å². The van der Waals surface area contributed by atoms with Crippen LogP contribution < -0.4 is 4.72 Å². The molecule has 1 aliphatic heterocycles. The molecule has 1 fully saturated rings. The number of hydrogen-bond acceptors (Lipinski definition) is 3. The second kappa shape index (κ2) is 7.86. The van der Waals surface area contributed by atoms with Crippen LogP contribution >= 0.6 is 0 Å². The van der Waals surface area contributed by atoms with Gasteiger partial charge in [-0.3, -0.25) is 4.79 Å². The summed E-state index contributed by atoms with van der Waals surface area (Å²) in [4.78, 5) is 14.8. The number of nitrogens with one attached hydrogen (secondary N) is 1.